The lowest BCUT2D eigenvalue weighted by molar-refractivity contribution is 0.0734. The van der Waals surface area contributed by atoms with Crippen molar-refractivity contribution in [2.24, 2.45) is 0 Å². The molecule has 0 aliphatic carbocycles. The summed E-state index contributed by atoms with van der Waals surface area (Å²) in [5.41, 5.74) is 0.790. The van der Waals surface area contributed by atoms with Gasteiger partial charge in [0.25, 0.3) is 0 Å². The third-order valence-corrected chi connectivity index (χ3v) is 6.43. The summed E-state index contributed by atoms with van der Waals surface area (Å²) >= 11 is 0. The quantitative estimate of drug-likeness (QED) is 0.501. The van der Waals surface area contributed by atoms with E-state index < -0.39 is 0 Å². The first-order valence-electron chi connectivity index (χ1n) is 10.8. The molecule has 2 heterocycles. The average molecular weight is 373 g/mol. The van der Waals surface area contributed by atoms with Crippen molar-refractivity contribution in [3.05, 3.63) is 29.8 Å². The summed E-state index contributed by atoms with van der Waals surface area (Å²) < 4.78 is 5.87. The van der Waals surface area contributed by atoms with Gasteiger partial charge in [-0.05, 0) is 83.7 Å². The number of nitrogens with zero attached hydrogens (tertiary/aromatic N) is 2. The minimum absolute atomic E-state index is 0.213. The molecule has 3 rings (SSSR count). The average Bonchev–Trinajstić information content (AvgIpc) is 3.07. The Morgan fingerprint density at radius 2 is 1.67 bits per heavy atom. The van der Waals surface area contributed by atoms with Crippen LogP contribution in [0.15, 0.2) is 24.3 Å². The fourth-order valence-electron chi connectivity index (χ4n) is 4.56. The summed E-state index contributed by atoms with van der Waals surface area (Å²) in [5.74, 6) is 1.07. The van der Waals surface area contributed by atoms with E-state index in [0.29, 0.717) is 18.6 Å². The smallest absolute Gasteiger partial charge is 0.176 e. The van der Waals surface area contributed by atoms with E-state index in [2.05, 4.69) is 30.6 Å². The summed E-state index contributed by atoms with van der Waals surface area (Å²) in [6, 6.07) is 9.43. The summed E-state index contributed by atoms with van der Waals surface area (Å²) in [7, 11) is 0. The largest absolute Gasteiger partial charge is 0.494 e. The van der Waals surface area contributed by atoms with Gasteiger partial charge in [0.2, 0.25) is 0 Å². The molecule has 27 heavy (non-hydrogen) atoms. The van der Waals surface area contributed by atoms with Gasteiger partial charge < -0.3 is 9.64 Å². The molecule has 3 atom stereocenters. The van der Waals surface area contributed by atoms with Crippen molar-refractivity contribution in [1.82, 2.24) is 9.80 Å². The Labute approximate surface area is 164 Å². The zero-order chi connectivity index (χ0) is 19.2. The van der Waals surface area contributed by atoms with E-state index in [1.807, 2.05) is 24.3 Å². The third-order valence-electron chi connectivity index (χ3n) is 6.43. The molecule has 0 amide bonds. The number of likely N-dealkylation sites (tertiary alicyclic amines) is 2. The van der Waals surface area contributed by atoms with Gasteiger partial charge in [0.15, 0.2) is 5.78 Å². The van der Waals surface area contributed by atoms with Crippen molar-refractivity contribution in [3.8, 4) is 5.75 Å². The SMILES string of the molecule is CC1CCCC(C)N1CC(=O)c1ccc(OCCCN2CCC[C@H]2C)cc1. The Balaban J connectivity index is 1.43. The number of carbonyl (C=O) groups is 1. The first-order chi connectivity index (χ1) is 13.0. The van der Waals surface area contributed by atoms with Crippen LogP contribution >= 0.6 is 0 Å². The van der Waals surface area contributed by atoms with Crippen LogP contribution in [0.25, 0.3) is 0 Å². The standard InChI is InChI=1S/C23H36N2O2/c1-18-9-5-14-24(18)15-6-16-27-22-12-10-21(11-13-22)23(26)17-25-19(2)7-4-8-20(25)3/h10-13,18-20H,4-9,14-17H2,1-3H3/t18-,19?,20?/m1/s1. The molecule has 4 heteroatoms. The maximum absolute atomic E-state index is 12.7. The van der Waals surface area contributed by atoms with Crippen molar-refractivity contribution >= 4 is 5.78 Å². The summed E-state index contributed by atoms with van der Waals surface area (Å²) in [6.07, 6.45) is 7.37. The Bertz CT molecular complexity index is 591. The van der Waals surface area contributed by atoms with E-state index in [1.54, 1.807) is 0 Å². The summed E-state index contributed by atoms with van der Waals surface area (Å²) in [4.78, 5) is 17.6. The van der Waals surface area contributed by atoms with Crippen LogP contribution in [0.4, 0.5) is 0 Å². The monoisotopic (exact) mass is 372 g/mol. The lowest BCUT2D eigenvalue weighted by Gasteiger charge is -2.38. The van der Waals surface area contributed by atoms with Gasteiger partial charge in [-0.25, -0.2) is 0 Å². The lowest BCUT2D eigenvalue weighted by Crippen LogP contribution is -2.46. The lowest BCUT2D eigenvalue weighted by atomic mass is 9.96. The number of ether oxygens (including phenoxy) is 1. The highest BCUT2D eigenvalue weighted by Gasteiger charge is 2.26. The van der Waals surface area contributed by atoms with Crippen LogP contribution < -0.4 is 4.74 Å². The van der Waals surface area contributed by atoms with Gasteiger partial charge in [0.05, 0.1) is 13.2 Å². The molecule has 1 aromatic carbocycles. The Morgan fingerprint density at radius 1 is 1.00 bits per heavy atom. The molecule has 0 saturated carbocycles. The molecule has 2 saturated heterocycles. The van der Waals surface area contributed by atoms with Gasteiger partial charge in [-0.1, -0.05) is 6.42 Å². The molecule has 0 aromatic heterocycles. The van der Waals surface area contributed by atoms with Gasteiger partial charge in [0, 0.05) is 30.2 Å². The highest BCUT2D eigenvalue weighted by atomic mass is 16.5. The predicted octanol–water partition coefficient (Wildman–Crippen LogP) is 4.39. The molecule has 150 valence electrons. The molecule has 0 bridgehead atoms. The minimum Gasteiger partial charge on any atom is -0.494 e. The second-order valence-corrected chi connectivity index (χ2v) is 8.48. The number of hydrogen-bond acceptors (Lipinski definition) is 4. The van der Waals surface area contributed by atoms with Crippen LogP contribution in [0.1, 0.15) is 69.7 Å². The fourth-order valence-corrected chi connectivity index (χ4v) is 4.56. The zero-order valence-corrected chi connectivity index (χ0v) is 17.3. The van der Waals surface area contributed by atoms with Crippen LogP contribution in [-0.4, -0.2) is 59.9 Å². The maximum atomic E-state index is 12.7. The second kappa shape index (κ2) is 9.70. The first-order valence-corrected chi connectivity index (χ1v) is 10.8. The number of hydrogen-bond donors (Lipinski definition) is 0. The second-order valence-electron chi connectivity index (χ2n) is 8.48. The van der Waals surface area contributed by atoms with Crippen molar-refractivity contribution in [2.45, 2.75) is 77.4 Å². The van der Waals surface area contributed by atoms with E-state index in [0.717, 1.165) is 36.9 Å². The topological polar surface area (TPSA) is 32.8 Å². The number of carbonyl (C=O) groups excluding carboxylic acids is 1. The molecule has 0 N–H and O–H groups in total. The van der Waals surface area contributed by atoms with Gasteiger partial charge >= 0.3 is 0 Å². The van der Waals surface area contributed by atoms with Crippen LogP contribution in [0, 0.1) is 0 Å². The van der Waals surface area contributed by atoms with Gasteiger partial charge in [-0.15, -0.1) is 0 Å². The maximum Gasteiger partial charge on any atom is 0.176 e. The Morgan fingerprint density at radius 3 is 2.30 bits per heavy atom. The van der Waals surface area contributed by atoms with Crippen molar-refractivity contribution in [2.75, 3.05) is 26.2 Å². The van der Waals surface area contributed by atoms with E-state index >= 15 is 0 Å². The van der Waals surface area contributed by atoms with Crippen molar-refractivity contribution < 1.29 is 9.53 Å². The molecule has 4 nitrogen and oxygen atoms in total. The molecule has 2 unspecified atom stereocenters. The van der Waals surface area contributed by atoms with Crippen LogP contribution in [0.2, 0.25) is 0 Å². The van der Waals surface area contributed by atoms with E-state index in [1.165, 1.54) is 38.6 Å². The Kier molecular flexibility index (Phi) is 7.31. The number of rotatable bonds is 8. The van der Waals surface area contributed by atoms with Crippen LogP contribution in [-0.2, 0) is 0 Å². The molecular formula is C23H36N2O2. The first kappa shape index (κ1) is 20.3. The molecule has 2 fully saturated rings. The fraction of sp³-hybridized carbons (Fsp3) is 0.696. The molecular weight excluding hydrogens is 336 g/mol. The minimum atomic E-state index is 0.213. The Hall–Kier alpha value is -1.39. The predicted molar refractivity (Wildman–Crippen MR) is 111 cm³/mol. The number of Topliss-reactive ketones (excluding diaryl/α,β-unsaturated/α-hetero) is 1. The van der Waals surface area contributed by atoms with Gasteiger partial charge in [0.1, 0.15) is 5.75 Å². The van der Waals surface area contributed by atoms with Gasteiger partial charge in [-0.2, -0.15) is 0 Å². The third kappa shape index (κ3) is 5.55. The summed E-state index contributed by atoms with van der Waals surface area (Å²) in [5, 5.41) is 0. The van der Waals surface area contributed by atoms with Crippen molar-refractivity contribution in [1.29, 1.82) is 0 Å². The molecule has 0 spiro atoms. The zero-order valence-electron chi connectivity index (χ0n) is 17.3. The van der Waals surface area contributed by atoms with Crippen molar-refractivity contribution in [3.63, 3.8) is 0 Å². The number of ketones is 1. The highest BCUT2D eigenvalue weighted by molar-refractivity contribution is 5.97. The van der Waals surface area contributed by atoms with Crippen LogP contribution in [0.3, 0.4) is 0 Å². The molecule has 1 aromatic rings. The number of benzene rings is 1. The van der Waals surface area contributed by atoms with E-state index in [4.69, 9.17) is 4.74 Å². The molecule has 0 radical (unpaired) electrons. The highest BCUT2D eigenvalue weighted by Crippen LogP contribution is 2.23. The van der Waals surface area contributed by atoms with E-state index in [-0.39, 0.29) is 5.78 Å². The molecule has 2 aliphatic rings. The summed E-state index contributed by atoms with van der Waals surface area (Å²) in [6.45, 7) is 10.4. The van der Waals surface area contributed by atoms with Crippen LogP contribution in [0.5, 0.6) is 5.75 Å². The number of piperidine rings is 1. The molecule has 2 aliphatic heterocycles. The van der Waals surface area contributed by atoms with E-state index in [9.17, 15) is 4.79 Å². The van der Waals surface area contributed by atoms with Gasteiger partial charge in [-0.3, -0.25) is 9.69 Å². The normalized spacial score (nSPS) is 27.0.